The Kier molecular flexibility index (Phi) is 6.82. The summed E-state index contributed by atoms with van der Waals surface area (Å²) in [6.45, 7) is 0.552. The van der Waals surface area contributed by atoms with Gasteiger partial charge in [-0.2, -0.15) is 26.3 Å². The van der Waals surface area contributed by atoms with E-state index in [0.29, 0.717) is 12.1 Å². The van der Waals surface area contributed by atoms with Crippen LogP contribution in [-0.2, 0) is 23.8 Å². The molecular weight excluding hydrogens is 437 g/mol. The zero-order chi connectivity index (χ0) is 23.6. The van der Waals surface area contributed by atoms with Gasteiger partial charge in [-0.15, -0.1) is 0 Å². The summed E-state index contributed by atoms with van der Waals surface area (Å²) in [7, 11) is 0. The molecule has 168 valence electrons. The SMILES string of the molecule is C[C@H](NC(=O)c1ccc(OCc2cc(C(F)(F)F)cc(C(F)(F)F)c2)cc1F)C(N)=O. The van der Waals surface area contributed by atoms with Crippen molar-refractivity contribution in [3.63, 3.8) is 0 Å². The van der Waals surface area contributed by atoms with E-state index in [-0.39, 0.29) is 11.8 Å². The van der Waals surface area contributed by atoms with Gasteiger partial charge in [-0.05, 0) is 42.8 Å². The molecule has 0 bridgehead atoms. The van der Waals surface area contributed by atoms with Crippen LogP contribution in [0.5, 0.6) is 5.75 Å². The van der Waals surface area contributed by atoms with Gasteiger partial charge in [-0.3, -0.25) is 9.59 Å². The van der Waals surface area contributed by atoms with Gasteiger partial charge < -0.3 is 15.8 Å². The molecule has 0 saturated heterocycles. The summed E-state index contributed by atoms with van der Waals surface area (Å²) in [4.78, 5) is 22.9. The third-order valence-corrected chi connectivity index (χ3v) is 4.01. The molecule has 0 radical (unpaired) electrons. The first-order valence-electron chi connectivity index (χ1n) is 8.49. The molecule has 0 unspecified atom stereocenters. The topological polar surface area (TPSA) is 81.4 Å². The Morgan fingerprint density at radius 1 is 1.00 bits per heavy atom. The molecule has 3 N–H and O–H groups in total. The molecule has 2 aromatic carbocycles. The smallest absolute Gasteiger partial charge is 0.416 e. The summed E-state index contributed by atoms with van der Waals surface area (Å²) in [5.41, 5.74) is 1.05. The van der Waals surface area contributed by atoms with Crippen LogP contribution in [0, 0.1) is 5.82 Å². The number of alkyl halides is 6. The van der Waals surface area contributed by atoms with E-state index in [1.165, 1.54) is 6.92 Å². The van der Waals surface area contributed by atoms with E-state index in [1.807, 2.05) is 0 Å². The fraction of sp³-hybridized carbons (Fsp3) is 0.263. The minimum Gasteiger partial charge on any atom is -0.489 e. The van der Waals surface area contributed by atoms with Crippen molar-refractivity contribution in [2.24, 2.45) is 5.73 Å². The van der Waals surface area contributed by atoms with Crippen LogP contribution in [0.15, 0.2) is 36.4 Å². The molecule has 0 saturated carbocycles. The highest BCUT2D eigenvalue weighted by Gasteiger charge is 2.36. The van der Waals surface area contributed by atoms with Crippen molar-refractivity contribution in [2.75, 3.05) is 0 Å². The monoisotopic (exact) mass is 452 g/mol. The Labute approximate surface area is 171 Å². The minimum absolute atomic E-state index is 0.0242. The molecule has 12 heteroatoms. The van der Waals surface area contributed by atoms with Crippen molar-refractivity contribution >= 4 is 11.8 Å². The fourth-order valence-electron chi connectivity index (χ4n) is 2.38. The summed E-state index contributed by atoms with van der Waals surface area (Å²) >= 11 is 0. The van der Waals surface area contributed by atoms with Crippen molar-refractivity contribution < 1.29 is 45.1 Å². The number of halogens is 7. The van der Waals surface area contributed by atoms with Crippen LogP contribution < -0.4 is 15.8 Å². The van der Waals surface area contributed by atoms with E-state index >= 15 is 0 Å². The Balaban J connectivity index is 2.20. The van der Waals surface area contributed by atoms with E-state index in [1.54, 1.807) is 0 Å². The number of carbonyl (C=O) groups is 2. The van der Waals surface area contributed by atoms with Gasteiger partial charge in [0.15, 0.2) is 0 Å². The lowest BCUT2D eigenvalue weighted by Crippen LogP contribution is -2.42. The Hall–Kier alpha value is -3.31. The summed E-state index contributed by atoms with van der Waals surface area (Å²) in [5, 5.41) is 2.15. The van der Waals surface area contributed by atoms with Crippen LogP contribution in [-0.4, -0.2) is 17.9 Å². The van der Waals surface area contributed by atoms with E-state index in [0.717, 1.165) is 18.2 Å². The second kappa shape index (κ2) is 8.82. The number of carbonyl (C=O) groups excluding carboxylic acids is 2. The van der Waals surface area contributed by atoms with E-state index < -0.39 is 64.9 Å². The maximum absolute atomic E-state index is 14.2. The molecule has 2 aromatic rings. The third kappa shape index (κ3) is 6.33. The van der Waals surface area contributed by atoms with Crippen LogP contribution in [0.4, 0.5) is 30.7 Å². The van der Waals surface area contributed by atoms with Crippen LogP contribution in [0.25, 0.3) is 0 Å². The van der Waals surface area contributed by atoms with Gasteiger partial charge in [-0.25, -0.2) is 4.39 Å². The van der Waals surface area contributed by atoms with E-state index in [2.05, 4.69) is 5.32 Å². The number of benzene rings is 2. The zero-order valence-electron chi connectivity index (χ0n) is 15.7. The third-order valence-electron chi connectivity index (χ3n) is 4.01. The number of ether oxygens (including phenoxy) is 1. The van der Waals surface area contributed by atoms with Crippen molar-refractivity contribution in [1.29, 1.82) is 0 Å². The summed E-state index contributed by atoms with van der Waals surface area (Å²) in [6, 6.07) is 2.65. The number of hydrogen-bond acceptors (Lipinski definition) is 3. The zero-order valence-corrected chi connectivity index (χ0v) is 15.7. The van der Waals surface area contributed by atoms with Crippen molar-refractivity contribution in [3.05, 3.63) is 64.5 Å². The second-order valence-electron chi connectivity index (χ2n) is 6.44. The highest BCUT2D eigenvalue weighted by Crippen LogP contribution is 2.36. The van der Waals surface area contributed by atoms with E-state index in [4.69, 9.17) is 10.5 Å². The standard InChI is InChI=1S/C19H15F7N2O3/c1-9(16(27)29)28-17(30)14-3-2-13(7-15(14)20)31-8-10-4-11(18(21,22)23)6-12(5-10)19(24,25)26/h2-7,9H,8H2,1H3,(H2,27,29)(H,28,30)/t9-/m0/s1. The molecule has 0 aliphatic heterocycles. The average molecular weight is 452 g/mol. The Morgan fingerprint density at radius 3 is 2.00 bits per heavy atom. The predicted molar refractivity (Wildman–Crippen MR) is 93.3 cm³/mol. The predicted octanol–water partition coefficient (Wildman–Crippen LogP) is 4.05. The number of amides is 2. The first-order chi connectivity index (χ1) is 14.2. The number of primary amides is 1. The lowest BCUT2D eigenvalue weighted by atomic mass is 10.1. The molecule has 5 nitrogen and oxygen atoms in total. The first kappa shape index (κ1) is 24.0. The van der Waals surface area contributed by atoms with Gasteiger partial charge in [0, 0.05) is 6.07 Å². The molecule has 2 rings (SSSR count). The molecule has 0 fully saturated rings. The summed E-state index contributed by atoms with van der Waals surface area (Å²) < 4.78 is 96.6. The maximum Gasteiger partial charge on any atom is 0.416 e. The Bertz CT molecular complexity index is 955. The summed E-state index contributed by atoms with van der Waals surface area (Å²) in [6.07, 6.45) is -10.0. The molecule has 2 amide bonds. The Morgan fingerprint density at radius 2 is 1.55 bits per heavy atom. The normalized spacial score (nSPS) is 12.9. The average Bonchev–Trinajstić information content (AvgIpc) is 2.64. The summed E-state index contributed by atoms with van der Waals surface area (Å²) in [5.74, 6) is -3.15. The van der Waals surface area contributed by atoms with Gasteiger partial charge in [0.1, 0.15) is 24.2 Å². The number of rotatable bonds is 6. The first-order valence-corrected chi connectivity index (χ1v) is 8.49. The number of hydrogen-bond donors (Lipinski definition) is 2. The molecule has 0 aromatic heterocycles. The lowest BCUT2D eigenvalue weighted by Gasteiger charge is -2.15. The molecule has 31 heavy (non-hydrogen) atoms. The van der Waals surface area contributed by atoms with Gasteiger partial charge in [0.05, 0.1) is 16.7 Å². The van der Waals surface area contributed by atoms with Crippen LogP contribution in [0.1, 0.15) is 34.0 Å². The van der Waals surface area contributed by atoms with Crippen molar-refractivity contribution in [3.8, 4) is 5.75 Å². The van der Waals surface area contributed by atoms with Gasteiger partial charge in [-0.1, -0.05) is 0 Å². The molecule has 0 heterocycles. The van der Waals surface area contributed by atoms with Gasteiger partial charge in [0.25, 0.3) is 5.91 Å². The van der Waals surface area contributed by atoms with Crippen molar-refractivity contribution in [2.45, 2.75) is 31.9 Å². The quantitative estimate of drug-likeness (QED) is 0.649. The highest BCUT2D eigenvalue weighted by atomic mass is 19.4. The van der Waals surface area contributed by atoms with Crippen molar-refractivity contribution in [1.82, 2.24) is 5.32 Å². The molecule has 1 atom stereocenters. The molecular formula is C19H15F7N2O3. The van der Waals surface area contributed by atoms with Crippen LogP contribution >= 0.6 is 0 Å². The maximum atomic E-state index is 14.2. The minimum atomic E-state index is -5.01. The van der Waals surface area contributed by atoms with Gasteiger partial charge >= 0.3 is 12.4 Å². The second-order valence-corrected chi connectivity index (χ2v) is 6.44. The number of nitrogens with two attached hydrogens (primary N) is 1. The van der Waals surface area contributed by atoms with E-state index in [9.17, 15) is 40.3 Å². The van der Waals surface area contributed by atoms with Crippen LogP contribution in [0.2, 0.25) is 0 Å². The molecule has 0 spiro atoms. The van der Waals surface area contributed by atoms with Gasteiger partial charge in [0.2, 0.25) is 5.91 Å². The molecule has 0 aliphatic rings. The lowest BCUT2D eigenvalue weighted by molar-refractivity contribution is -0.143. The fourth-order valence-corrected chi connectivity index (χ4v) is 2.38. The number of nitrogens with one attached hydrogen (secondary N) is 1. The largest absolute Gasteiger partial charge is 0.489 e. The highest BCUT2D eigenvalue weighted by molar-refractivity contribution is 5.97. The molecule has 0 aliphatic carbocycles. The van der Waals surface area contributed by atoms with Crippen LogP contribution in [0.3, 0.4) is 0 Å².